The number of hydrogen-bond acceptors (Lipinski definition) is 9. The number of carbonyl (C=O) groups excluding carboxylic acids is 3. The number of hydrogen-bond donors (Lipinski definition) is 1. The Balaban J connectivity index is 2.53. The molecule has 3 rings (SSSR count). The fourth-order valence-corrected chi connectivity index (χ4v) is 3.21. The number of ether oxygens (including phenoxy) is 5. The van der Waals surface area contributed by atoms with Crippen molar-refractivity contribution in [3.63, 3.8) is 0 Å². The van der Waals surface area contributed by atoms with Crippen LogP contribution >= 0.6 is 0 Å². The van der Waals surface area contributed by atoms with E-state index in [1.165, 1.54) is 40.6 Å². The number of rotatable bonds is 6. The highest BCUT2D eigenvalue weighted by atomic mass is 16.5. The number of methoxy groups -OCH3 is 4. The van der Waals surface area contributed by atoms with Gasteiger partial charge in [0.25, 0.3) is 0 Å². The Bertz CT molecular complexity index is 1170. The van der Waals surface area contributed by atoms with Crippen LogP contribution in [0.2, 0.25) is 0 Å². The van der Waals surface area contributed by atoms with Crippen molar-refractivity contribution >= 4 is 39.7 Å². The molecule has 0 spiro atoms. The zero-order valence-corrected chi connectivity index (χ0v) is 17.1. The van der Waals surface area contributed by atoms with Gasteiger partial charge in [-0.1, -0.05) is 0 Å². The van der Waals surface area contributed by atoms with Gasteiger partial charge in [-0.3, -0.25) is 0 Å². The molecule has 0 radical (unpaired) electrons. The maximum absolute atomic E-state index is 12.6. The number of pyridine rings is 1. The fourth-order valence-electron chi connectivity index (χ4n) is 3.21. The van der Waals surface area contributed by atoms with E-state index in [1.807, 2.05) is 0 Å². The lowest BCUT2D eigenvalue weighted by Crippen LogP contribution is -2.11. The summed E-state index contributed by atoms with van der Waals surface area (Å²) < 4.78 is 25.7. The molecule has 10 nitrogen and oxygen atoms in total. The van der Waals surface area contributed by atoms with Gasteiger partial charge in [0.15, 0.2) is 11.5 Å². The van der Waals surface area contributed by atoms with Gasteiger partial charge in [0.05, 0.1) is 46.1 Å². The first kappa shape index (κ1) is 20.9. The molecule has 0 saturated carbocycles. The lowest BCUT2D eigenvalue weighted by Gasteiger charge is -2.15. The van der Waals surface area contributed by atoms with E-state index in [1.54, 1.807) is 6.92 Å². The summed E-state index contributed by atoms with van der Waals surface area (Å²) in [5.74, 6) is -1.61. The third-order valence-electron chi connectivity index (χ3n) is 4.46. The minimum absolute atomic E-state index is 0.0334. The van der Waals surface area contributed by atoms with E-state index in [9.17, 15) is 14.4 Å². The molecule has 3 aromatic rings. The van der Waals surface area contributed by atoms with Gasteiger partial charge in [-0.15, -0.1) is 0 Å². The molecule has 0 aliphatic rings. The monoisotopic (exact) mass is 416 g/mol. The average Bonchev–Trinajstić information content (AvgIpc) is 3.21. The predicted octanol–water partition coefficient (Wildman–Crippen LogP) is 2.48. The Morgan fingerprint density at radius 3 is 2.17 bits per heavy atom. The Labute approximate surface area is 171 Å². The molecule has 0 bridgehead atoms. The largest absolute Gasteiger partial charge is 0.492 e. The van der Waals surface area contributed by atoms with Gasteiger partial charge in [-0.2, -0.15) is 0 Å². The number of esters is 3. The second kappa shape index (κ2) is 8.27. The molecular weight excluding hydrogens is 396 g/mol. The van der Waals surface area contributed by atoms with Crippen molar-refractivity contribution in [2.45, 2.75) is 6.92 Å². The molecule has 2 aromatic heterocycles. The molecule has 0 saturated heterocycles. The summed E-state index contributed by atoms with van der Waals surface area (Å²) in [5.41, 5.74) is 0.582. The summed E-state index contributed by atoms with van der Waals surface area (Å²) in [7, 11) is 5.23. The van der Waals surface area contributed by atoms with Crippen LogP contribution in [-0.4, -0.2) is 62.9 Å². The second-order valence-corrected chi connectivity index (χ2v) is 6.02. The van der Waals surface area contributed by atoms with Crippen molar-refractivity contribution in [1.29, 1.82) is 0 Å². The highest BCUT2D eigenvalue weighted by Gasteiger charge is 2.27. The van der Waals surface area contributed by atoms with Crippen LogP contribution in [0.5, 0.6) is 11.5 Å². The van der Waals surface area contributed by atoms with Crippen LogP contribution in [0.3, 0.4) is 0 Å². The number of carbonyl (C=O) groups is 3. The first-order valence-corrected chi connectivity index (χ1v) is 8.86. The summed E-state index contributed by atoms with van der Waals surface area (Å²) in [6, 6.07) is 2.79. The lowest BCUT2D eigenvalue weighted by molar-refractivity contribution is 0.0518. The van der Waals surface area contributed by atoms with Gasteiger partial charge >= 0.3 is 17.9 Å². The van der Waals surface area contributed by atoms with E-state index in [0.717, 1.165) is 0 Å². The number of nitrogens with one attached hydrogen (secondary N) is 1. The second-order valence-electron chi connectivity index (χ2n) is 6.02. The van der Waals surface area contributed by atoms with E-state index in [0.29, 0.717) is 10.9 Å². The van der Waals surface area contributed by atoms with E-state index >= 15 is 0 Å². The summed E-state index contributed by atoms with van der Waals surface area (Å²) in [4.78, 5) is 44.2. The number of aromatic amines is 1. The van der Waals surface area contributed by atoms with Crippen LogP contribution in [0, 0.1) is 0 Å². The number of H-pyrrole nitrogens is 1. The molecule has 0 unspecified atom stereocenters. The fraction of sp³-hybridized carbons (Fsp3) is 0.300. The zero-order chi connectivity index (χ0) is 22.0. The number of benzene rings is 1. The van der Waals surface area contributed by atoms with Crippen molar-refractivity contribution in [3.8, 4) is 11.5 Å². The minimum Gasteiger partial charge on any atom is -0.492 e. The molecule has 1 aromatic carbocycles. The van der Waals surface area contributed by atoms with Crippen molar-refractivity contribution in [2.75, 3.05) is 35.0 Å². The third kappa shape index (κ3) is 3.25. The molecule has 0 amide bonds. The van der Waals surface area contributed by atoms with E-state index in [4.69, 9.17) is 23.7 Å². The van der Waals surface area contributed by atoms with E-state index in [2.05, 4.69) is 9.97 Å². The van der Waals surface area contributed by atoms with E-state index < -0.39 is 17.9 Å². The zero-order valence-electron chi connectivity index (χ0n) is 17.1. The Kier molecular flexibility index (Phi) is 5.77. The quantitative estimate of drug-likeness (QED) is 0.476. The average molecular weight is 416 g/mol. The molecule has 30 heavy (non-hydrogen) atoms. The van der Waals surface area contributed by atoms with Crippen LogP contribution in [-0.2, 0) is 14.2 Å². The van der Waals surface area contributed by atoms with Gasteiger partial charge in [0.1, 0.15) is 16.9 Å². The normalized spacial score (nSPS) is 10.7. The lowest BCUT2D eigenvalue weighted by atomic mass is 10.0. The summed E-state index contributed by atoms with van der Waals surface area (Å²) in [5, 5.41) is 0.750. The topological polar surface area (TPSA) is 126 Å². The van der Waals surface area contributed by atoms with Crippen LogP contribution in [0.15, 0.2) is 12.1 Å². The van der Waals surface area contributed by atoms with Gasteiger partial charge in [-0.05, 0) is 19.1 Å². The minimum atomic E-state index is -0.748. The molecule has 2 heterocycles. The molecule has 0 fully saturated rings. The predicted molar refractivity (Wildman–Crippen MR) is 105 cm³/mol. The smallest absolute Gasteiger partial charge is 0.356 e. The van der Waals surface area contributed by atoms with Gasteiger partial charge in [0, 0.05) is 10.8 Å². The van der Waals surface area contributed by atoms with Crippen LogP contribution in [0.1, 0.15) is 38.3 Å². The first-order valence-electron chi connectivity index (χ1n) is 8.86. The van der Waals surface area contributed by atoms with Crippen molar-refractivity contribution in [3.05, 3.63) is 29.1 Å². The number of nitrogens with zero attached hydrogens (tertiary/aromatic N) is 1. The van der Waals surface area contributed by atoms with Crippen molar-refractivity contribution < 1.29 is 38.1 Å². The Morgan fingerprint density at radius 2 is 1.60 bits per heavy atom. The molecule has 0 aliphatic carbocycles. The maximum atomic E-state index is 12.6. The third-order valence-corrected chi connectivity index (χ3v) is 4.46. The van der Waals surface area contributed by atoms with Gasteiger partial charge < -0.3 is 28.7 Å². The summed E-state index contributed by atoms with van der Waals surface area (Å²) >= 11 is 0. The molecular formula is C20H20N2O8. The first-order chi connectivity index (χ1) is 14.4. The highest BCUT2D eigenvalue weighted by molar-refractivity contribution is 6.20. The summed E-state index contributed by atoms with van der Waals surface area (Å²) in [6.07, 6.45) is 0. The van der Waals surface area contributed by atoms with Crippen LogP contribution in [0.4, 0.5) is 0 Å². The molecule has 10 heteroatoms. The Morgan fingerprint density at radius 1 is 0.933 bits per heavy atom. The van der Waals surface area contributed by atoms with E-state index in [-0.39, 0.29) is 46.0 Å². The maximum Gasteiger partial charge on any atom is 0.356 e. The SMILES string of the molecule is CCOC(=O)c1cc2c(OC)c(OC)c3nc(C(=O)OC)cc(C(=O)OC)c3c2[nH]1. The number of fused-ring (bicyclic) bond motifs is 3. The molecule has 0 aliphatic heterocycles. The highest BCUT2D eigenvalue weighted by Crippen LogP contribution is 2.44. The van der Waals surface area contributed by atoms with Gasteiger partial charge in [-0.25, -0.2) is 19.4 Å². The standard InChI is InChI=1S/C20H20N2O8/c1-6-30-20(25)12-8-10-14(21-12)13-9(18(23)28-4)7-11(19(24)29-5)22-15(13)17(27-3)16(10)26-2/h7-8,21H,6H2,1-5H3. The number of aromatic nitrogens is 2. The molecule has 158 valence electrons. The van der Waals surface area contributed by atoms with Crippen LogP contribution in [0.25, 0.3) is 21.8 Å². The molecule has 1 N–H and O–H groups in total. The molecule has 0 atom stereocenters. The van der Waals surface area contributed by atoms with Crippen molar-refractivity contribution in [2.24, 2.45) is 0 Å². The van der Waals surface area contributed by atoms with Crippen molar-refractivity contribution in [1.82, 2.24) is 9.97 Å². The van der Waals surface area contributed by atoms with Crippen LogP contribution < -0.4 is 9.47 Å². The summed E-state index contributed by atoms with van der Waals surface area (Å²) in [6.45, 7) is 1.88. The van der Waals surface area contributed by atoms with Gasteiger partial charge in [0.2, 0.25) is 0 Å². The Hall–Kier alpha value is -3.82.